The first kappa shape index (κ1) is 18.2. The van der Waals surface area contributed by atoms with Crippen molar-refractivity contribution in [2.24, 2.45) is 0 Å². The standard InChI is InChI=1S/C17H17N3O4S2/c1-10-8-15(25-16(10)17(21)22)26(23,24)19-13-6-4-5-7-14(13)20-12(3)9-11(2)18-20/h4-9,19H,1-3H3,(H,21,22). The summed E-state index contributed by atoms with van der Waals surface area (Å²) in [5.74, 6) is -1.14. The maximum atomic E-state index is 12.7. The molecule has 26 heavy (non-hydrogen) atoms. The summed E-state index contributed by atoms with van der Waals surface area (Å²) in [6.45, 7) is 5.31. The summed E-state index contributed by atoms with van der Waals surface area (Å²) in [5.41, 5.74) is 3.05. The Morgan fingerprint density at radius 1 is 1.19 bits per heavy atom. The van der Waals surface area contributed by atoms with E-state index < -0.39 is 16.0 Å². The number of hydrogen-bond acceptors (Lipinski definition) is 5. The number of sulfonamides is 1. The van der Waals surface area contributed by atoms with E-state index in [0.29, 0.717) is 16.9 Å². The van der Waals surface area contributed by atoms with Gasteiger partial charge in [0.1, 0.15) is 9.09 Å². The van der Waals surface area contributed by atoms with Crippen molar-refractivity contribution in [3.8, 4) is 5.69 Å². The SMILES string of the molecule is Cc1cc(C)n(-c2ccccc2NS(=O)(=O)c2cc(C)c(C(=O)O)s2)n1. The zero-order valence-electron chi connectivity index (χ0n) is 14.3. The third-order valence-electron chi connectivity index (χ3n) is 3.74. The van der Waals surface area contributed by atoms with Gasteiger partial charge in [-0.3, -0.25) is 4.72 Å². The molecule has 2 N–H and O–H groups in total. The number of thiophene rings is 1. The van der Waals surface area contributed by atoms with Gasteiger partial charge in [0, 0.05) is 5.69 Å². The summed E-state index contributed by atoms with van der Waals surface area (Å²) in [6, 6.07) is 10.2. The minimum Gasteiger partial charge on any atom is -0.477 e. The molecule has 0 amide bonds. The number of hydrogen-bond donors (Lipinski definition) is 2. The van der Waals surface area contributed by atoms with Gasteiger partial charge < -0.3 is 5.11 Å². The molecule has 0 aliphatic carbocycles. The lowest BCUT2D eigenvalue weighted by Crippen LogP contribution is -2.14. The fourth-order valence-electron chi connectivity index (χ4n) is 2.61. The van der Waals surface area contributed by atoms with Crippen LogP contribution in [0.3, 0.4) is 0 Å². The largest absolute Gasteiger partial charge is 0.477 e. The van der Waals surface area contributed by atoms with Crippen molar-refractivity contribution >= 4 is 33.0 Å². The van der Waals surface area contributed by atoms with Gasteiger partial charge in [0.05, 0.1) is 17.1 Å². The van der Waals surface area contributed by atoms with Crippen molar-refractivity contribution in [3.63, 3.8) is 0 Å². The van der Waals surface area contributed by atoms with Gasteiger partial charge in [-0.15, -0.1) is 11.3 Å². The number of nitrogens with one attached hydrogen (secondary N) is 1. The molecule has 3 rings (SSSR count). The molecule has 0 saturated carbocycles. The summed E-state index contributed by atoms with van der Waals surface area (Å²) in [7, 11) is -3.92. The lowest BCUT2D eigenvalue weighted by Gasteiger charge is -2.13. The third kappa shape index (κ3) is 3.35. The molecule has 1 aromatic carbocycles. The predicted molar refractivity (Wildman–Crippen MR) is 99.9 cm³/mol. The minimum atomic E-state index is -3.92. The number of aromatic carboxylic acids is 1. The highest BCUT2D eigenvalue weighted by Crippen LogP contribution is 2.29. The predicted octanol–water partition coefficient (Wildman–Crippen LogP) is 3.36. The number of benzene rings is 1. The topological polar surface area (TPSA) is 101 Å². The maximum Gasteiger partial charge on any atom is 0.346 e. The second-order valence-electron chi connectivity index (χ2n) is 5.84. The average molecular weight is 391 g/mol. The van der Waals surface area contributed by atoms with Crippen LogP contribution in [0.4, 0.5) is 5.69 Å². The average Bonchev–Trinajstić information content (AvgIpc) is 3.10. The van der Waals surface area contributed by atoms with Gasteiger partial charge >= 0.3 is 5.97 Å². The number of anilines is 1. The van der Waals surface area contributed by atoms with Crippen LogP contribution in [0.2, 0.25) is 0 Å². The monoisotopic (exact) mass is 391 g/mol. The number of carboxylic acid groups (broad SMARTS) is 1. The van der Waals surface area contributed by atoms with Crippen molar-refractivity contribution in [3.05, 3.63) is 58.2 Å². The van der Waals surface area contributed by atoms with Crippen LogP contribution in [0.25, 0.3) is 5.69 Å². The molecule has 0 atom stereocenters. The molecule has 7 nitrogen and oxygen atoms in total. The van der Waals surface area contributed by atoms with Gasteiger partial charge in [0.2, 0.25) is 0 Å². The second kappa shape index (κ2) is 6.58. The van der Waals surface area contributed by atoms with Crippen LogP contribution in [0, 0.1) is 20.8 Å². The van der Waals surface area contributed by atoms with Crippen molar-refractivity contribution in [1.29, 1.82) is 0 Å². The normalized spacial score (nSPS) is 11.5. The summed E-state index contributed by atoms with van der Waals surface area (Å²) in [4.78, 5) is 11.2. The molecule has 0 radical (unpaired) electrons. The fourth-order valence-corrected chi connectivity index (χ4v) is 5.06. The van der Waals surface area contributed by atoms with Crippen LogP contribution in [-0.4, -0.2) is 29.3 Å². The smallest absolute Gasteiger partial charge is 0.346 e. The van der Waals surface area contributed by atoms with Crippen molar-refractivity contribution in [1.82, 2.24) is 9.78 Å². The molecule has 2 heterocycles. The van der Waals surface area contributed by atoms with E-state index in [4.69, 9.17) is 5.11 Å². The number of carbonyl (C=O) groups is 1. The quantitative estimate of drug-likeness (QED) is 0.694. The Kier molecular flexibility index (Phi) is 4.59. The van der Waals surface area contributed by atoms with E-state index in [2.05, 4.69) is 9.82 Å². The Labute approximate surface area is 155 Å². The Morgan fingerprint density at radius 3 is 2.46 bits per heavy atom. The van der Waals surface area contributed by atoms with Gasteiger partial charge in [0.15, 0.2) is 0 Å². The number of aromatic nitrogens is 2. The van der Waals surface area contributed by atoms with E-state index in [1.165, 1.54) is 6.07 Å². The van der Waals surface area contributed by atoms with Crippen LogP contribution in [-0.2, 0) is 10.0 Å². The molecule has 136 valence electrons. The number of nitrogens with zero attached hydrogens (tertiary/aromatic N) is 2. The van der Waals surface area contributed by atoms with Crippen LogP contribution in [0.1, 0.15) is 26.6 Å². The molecule has 9 heteroatoms. The third-order valence-corrected chi connectivity index (χ3v) is 6.80. The Balaban J connectivity index is 2.03. The molecule has 0 unspecified atom stereocenters. The number of para-hydroxylation sites is 2. The maximum absolute atomic E-state index is 12.7. The molecule has 0 saturated heterocycles. The molecule has 0 aliphatic rings. The lowest BCUT2D eigenvalue weighted by molar-refractivity contribution is 0.0701. The van der Waals surface area contributed by atoms with Gasteiger partial charge in [0.25, 0.3) is 10.0 Å². The molecule has 2 aromatic heterocycles. The summed E-state index contributed by atoms with van der Waals surface area (Å²) in [6.07, 6.45) is 0. The Hall–Kier alpha value is -2.65. The van der Waals surface area contributed by atoms with Crippen LogP contribution in [0.15, 0.2) is 40.6 Å². The summed E-state index contributed by atoms with van der Waals surface area (Å²) < 4.78 is 29.6. The Morgan fingerprint density at radius 2 is 1.88 bits per heavy atom. The van der Waals surface area contributed by atoms with E-state index in [0.717, 1.165) is 22.7 Å². The van der Waals surface area contributed by atoms with Crippen molar-refractivity contribution in [2.75, 3.05) is 4.72 Å². The Bertz CT molecular complexity index is 1100. The van der Waals surface area contributed by atoms with Crippen molar-refractivity contribution < 1.29 is 18.3 Å². The van der Waals surface area contributed by atoms with Crippen LogP contribution < -0.4 is 4.72 Å². The van der Waals surface area contributed by atoms with Gasteiger partial charge in [-0.05, 0) is 50.6 Å². The first-order valence-corrected chi connectivity index (χ1v) is 9.98. The van der Waals surface area contributed by atoms with E-state index in [1.807, 2.05) is 19.9 Å². The minimum absolute atomic E-state index is 0.0113. The van der Waals surface area contributed by atoms with E-state index in [1.54, 1.807) is 35.9 Å². The first-order valence-electron chi connectivity index (χ1n) is 7.68. The highest BCUT2D eigenvalue weighted by Gasteiger charge is 2.23. The van der Waals surface area contributed by atoms with Crippen LogP contribution >= 0.6 is 11.3 Å². The highest BCUT2D eigenvalue weighted by atomic mass is 32.2. The zero-order chi connectivity index (χ0) is 19.1. The molecular formula is C17H17N3O4S2. The lowest BCUT2D eigenvalue weighted by atomic mass is 10.2. The highest BCUT2D eigenvalue weighted by molar-refractivity contribution is 7.94. The van der Waals surface area contributed by atoms with Crippen LogP contribution in [0.5, 0.6) is 0 Å². The molecular weight excluding hydrogens is 374 g/mol. The molecule has 0 fully saturated rings. The van der Waals surface area contributed by atoms with E-state index >= 15 is 0 Å². The summed E-state index contributed by atoms with van der Waals surface area (Å²) in [5, 5.41) is 13.5. The zero-order valence-corrected chi connectivity index (χ0v) is 16.0. The molecule has 0 bridgehead atoms. The molecule has 0 aliphatic heterocycles. The van der Waals surface area contributed by atoms with Gasteiger partial charge in [-0.1, -0.05) is 12.1 Å². The fraction of sp³-hybridized carbons (Fsp3) is 0.176. The van der Waals surface area contributed by atoms with Gasteiger partial charge in [-0.25, -0.2) is 17.9 Å². The molecule has 3 aromatic rings. The van der Waals surface area contributed by atoms with Crippen molar-refractivity contribution in [2.45, 2.75) is 25.0 Å². The number of aryl methyl sites for hydroxylation is 3. The van der Waals surface area contributed by atoms with Gasteiger partial charge in [-0.2, -0.15) is 5.10 Å². The number of carboxylic acids is 1. The second-order valence-corrected chi connectivity index (χ2v) is 8.81. The summed E-state index contributed by atoms with van der Waals surface area (Å²) >= 11 is 0.730. The number of rotatable bonds is 5. The first-order chi connectivity index (χ1) is 12.2. The van der Waals surface area contributed by atoms with E-state index in [9.17, 15) is 13.2 Å². The van der Waals surface area contributed by atoms with E-state index in [-0.39, 0.29) is 9.09 Å². The molecule has 0 spiro atoms.